The van der Waals surface area contributed by atoms with Crippen LogP contribution in [0.1, 0.15) is 81.1 Å². The highest BCUT2D eigenvalue weighted by atomic mass is 16.4. The predicted molar refractivity (Wildman–Crippen MR) is 187 cm³/mol. The van der Waals surface area contributed by atoms with E-state index in [1.54, 1.807) is 27.7 Å². The maximum atomic E-state index is 13.2. The van der Waals surface area contributed by atoms with Gasteiger partial charge in [-0.1, -0.05) is 55.4 Å². The quantitative estimate of drug-likeness (QED) is 0.0512. The van der Waals surface area contributed by atoms with Crippen molar-refractivity contribution in [2.24, 2.45) is 29.4 Å². The van der Waals surface area contributed by atoms with Crippen LogP contribution < -0.4 is 43.0 Å². The molecule has 292 valence electrons. The normalized spacial score (nSPS) is 14.2. The van der Waals surface area contributed by atoms with Gasteiger partial charge in [-0.25, -0.2) is 4.79 Å². The van der Waals surface area contributed by atoms with Gasteiger partial charge in [0, 0.05) is 0 Å². The number of carbonyl (C=O) groups is 8. The summed E-state index contributed by atoms with van der Waals surface area (Å²) in [4.78, 5) is 100. The van der Waals surface area contributed by atoms with E-state index in [1.165, 1.54) is 0 Å². The Morgan fingerprint density at radius 1 is 0.471 bits per heavy atom. The molecular weight excluding hydrogens is 668 g/mol. The van der Waals surface area contributed by atoms with E-state index >= 15 is 0 Å². The fourth-order valence-corrected chi connectivity index (χ4v) is 4.87. The number of carboxylic acids is 1. The lowest BCUT2D eigenvalue weighted by Crippen LogP contribution is -2.58. The molecule has 18 heteroatoms. The van der Waals surface area contributed by atoms with E-state index in [1.807, 2.05) is 27.7 Å². The lowest BCUT2D eigenvalue weighted by Gasteiger charge is -2.26. The number of carboxylic acid groups (broad SMARTS) is 1. The Bertz CT molecular complexity index is 1190. The highest BCUT2D eigenvalue weighted by Gasteiger charge is 2.31. The van der Waals surface area contributed by atoms with Crippen molar-refractivity contribution in [1.29, 1.82) is 0 Å². The van der Waals surface area contributed by atoms with E-state index in [0.29, 0.717) is 0 Å². The fourth-order valence-electron chi connectivity index (χ4n) is 4.87. The van der Waals surface area contributed by atoms with E-state index in [-0.39, 0.29) is 55.9 Å². The summed E-state index contributed by atoms with van der Waals surface area (Å²) in [7, 11) is 0. The van der Waals surface area contributed by atoms with Crippen molar-refractivity contribution in [1.82, 2.24) is 37.2 Å². The fraction of sp³-hybridized carbons (Fsp3) is 0.758. The SMILES string of the molecule is CC(C)C[C@H](NC(=O)CNC(=O)[C@H](CC(C)C)NC(=O)CNC(=O)[C@H](CO)NC(=O)[C@H](CC(C)C)NC(=O)[C@H](CC(C)C)NC(=O)CN)C(=O)O. The van der Waals surface area contributed by atoms with E-state index in [9.17, 15) is 48.6 Å². The molecule has 0 aliphatic heterocycles. The van der Waals surface area contributed by atoms with Gasteiger partial charge >= 0.3 is 5.97 Å². The van der Waals surface area contributed by atoms with Crippen LogP contribution in [0.25, 0.3) is 0 Å². The van der Waals surface area contributed by atoms with Crippen molar-refractivity contribution in [3.8, 4) is 0 Å². The largest absolute Gasteiger partial charge is 0.480 e. The molecular formula is C33H60N8O10. The van der Waals surface area contributed by atoms with Crippen LogP contribution in [0.5, 0.6) is 0 Å². The van der Waals surface area contributed by atoms with Crippen LogP contribution in [0.4, 0.5) is 0 Å². The van der Waals surface area contributed by atoms with Crippen LogP contribution in [0.15, 0.2) is 0 Å². The molecule has 0 radical (unpaired) electrons. The third-order valence-electron chi connectivity index (χ3n) is 7.25. The Labute approximate surface area is 299 Å². The summed E-state index contributed by atoms with van der Waals surface area (Å²) in [6, 6.07) is -5.82. The van der Waals surface area contributed by atoms with Crippen molar-refractivity contribution in [2.45, 2.75) is 111 Å². The average Bonchev–Trinajstić information content (AvgIpc) is 3.02. The molecule has 0 aromatic carbocycles. The van der Waals surface area contributed by atoms with Gasteiger partial charge < -0.3 is 53.2 Å². The lowest BCUT2D eigenvalue weighted by molar-refractivity contribution is -0.142. The summed E-state index contributed by atoms with van der Waals surface area (Å²) in [6.45, 7) is 12.2. The third-order valence-corrected chi connectivity index (χ3v) is 7.25. The number of nitrogens with one attached hydrogen (secondary N) is 7. The second kappa shape index (κ2) is 24.0. The molecule has 0 fully saturated rings. The number of aliphatic carboxylic acids is 1. The highest BCUT2D eigenvalue weighted by molar-refractivity contribution is 5.96. The summed E-state index contributed by atoms with van der Waals surface area (Å²) in [5, 5.41) is 36.3. The molecule has 0 saturated heterocycles. The zero-order valence-electron chi connectivity index (χ0n) is 31.1. The van der Waals surface area contributed by atoms with Gasteiger partial charge in [0.25, 0.3) is 0 Å². The monoisotopic (exact) mass is 728 g/mol. The maximum absolute atomic E-state index is 13.2. The highest BCUT2D eigenvalue weighted by Crippen LogP contribution is 2.10. The summed E-state index contributed by atoms with van der Waals surface area (Å²) in [5.74, 6) is -6.41. The molecule has 7 amide bonds. The van der Waals surface area contributed by atoms with Gasteiger partial charge in [0.05, 0.1) is 26.2 Å². The van der Waals surface area contributed by atoms with Crippen molar-refractivity contribution in [3.63, 3.8) is 0 Å². The second-order valence-electron chi connectivity index (χ2n) is 14.2. The standard InChI is InChI=1S/C33H60N8O10/c1-17(2)9-21(29(46)35-15-28(45)39-24(33(50)51)12-20(7)8)38-27(44)14-36-30(47)25(16-42)41-32(49)23(11-19(5)6)40-31(48)22(10-18(3)4)37-26(43)13-34/h17-25,42H,9-16,34H2,1-8H3,(H,35,46)(H,36,47)(H,37,43)(H,38,44)(H,39,45)(H,40,48)(H,41,49)(H,50,51)/t21-,22-,23-,24-,25-/m0/s1. The first kappa shape index (κ1) is 46.7. The first-order valence-corrected chi connectivity index (χ1v) is 17.3. The first-order chi connectivity index (χ1) is 23.7. The maximum Gasteiger partial charge on any atom is 0.326 e. The number of aliphatic hydroxyl groups excluding tert-OH is 1. The molecule has 51 heavy (non-hydrogen) atoms. The lowest BCUT2D eigenvalue weighted by atomic mass is 10.00. The van der Waals surface area contributed by atoms with Gasteiger partial charge in [-0.15, -0.1) is 0 Å². The number of hydrogen-bond acceptors (Lipinski definition) is 10. The van der Waals surface area contributed by atoms with Crippen molar-refractivity contribution >= 4 is 47.3 Å². The molecule has 0 unspecified atom stereocenters. The van der Waals surface area contributed by atoms with Crippen LogP contribution in [0, 0.1) is 23.7 Å². The van der Waals surface area contributed by atoms with Crippen molar-refractivity contribution in [3.05, 3.63) is 0 Å². The Morgan fingerprint density at radius 3 is 1.16 bits per heavy atom. The van der Waals surface area contributed by atoms with E-state index in [2.05, 4.69) is 37.2 Å². The molecule has 0 aromatic heterocycles. The van der Waals surface area contributed by atoms with Crippen LogP contribution in [0.2, 0.25) is 0 Å². The van der Waals surface area contributed by atoms with Gasteiger partial charge in [-0.2, -0.15) is 0 Å². The average molecular weight is 729 g/mol. The number of aliphatic hydroxyl groups is 1. The van der Waals surface area contributed by atoms with Gasteiger partial charge in [0.1, 0.15) is 30.2 Å². The zero-order chi connectivity index (χ0) is 39.4. The number of amides is 7. The van der Waals surface area contributed by atoms with Crippen LogP contribution in [-0.4, -0.2) is 114 Å². The molecule has 0 rings (SSSR count). The van der Waals surface area contributed by atoms with Gasteiger partial charge in [-0.05, 0) is 49.4 Å². The summed E-state index contributed by atoms with van der Waals surface area (Å²) in [5.41, 5.74) is 5.38. The van der Waals surface area contributed by atoms with E-state index in [0.717, 1.165) is 0 Å². The number of hydrogen-bond donors (Lipinski definition) is 10. The van der Waals surface area contributed by atoms with Crippen LogP contribution in [-0.2, 0) is 38.4 Å². The first-order valence-electron chi connectivity index (χ1n) is 17.3. The molecule has 0 aliphatic rings. The van der Waals surface area contributed by atoms with Crippen LogP contribution in [0.3, 0.4) is 0 Å². The van der Waals surface area contributed by atoms with Gasteiger partial charge in [0.2, 0.25) is 41.4 Å². The minimum atomic E-state index is -1.50. The Kier molecular flexibility index (Phi) is 21.9. The molecule has 0 saturated carbocycles. The number of rotatable bonds is 24. The van der Waals surface area contributed by atoms with Crippen molar-refractivity contribution in [2.75, 3.05) is 26.2 Å². The molecule has 0 heterocycles. The smallest absolute Gasteiger partial charge is 0.326 e. The molecule has 0 spiro atoms. The molecule has 0 aliphatic carbocycles. The third kappa shape index (κ3) is 20.2. The van der Waals surface area contributed by atoms with Crippen molar-refractivity contribution < 1.29 is 48.6 Å². The molecule has 5 atom stereocenters. The molecule has 0 bridgehead atoms. The minimum absolute atomic E-state index is 0.00324. The topological polar surface area (TPSA) is 287 Å². The Morgan fingerprint density at radius 2 is 0.784 bits per heavy atom. The zero-order valence-corrected chi connectivity index (χ0v) is 31.1. The second-order valence-corrected chi connectivity index (χ2v) is 14.2. The van der Waals surface area contributed by atoms with Gasteiger partial charge in [-0.3, -0.25) is 33.6 Å². The van der Waals surface area contributed by atoms with Crippen LogP contribution >= 0.6 is 0 Å². The molecule has 0 aromatic rings. The van der Waals surface area contributed by atoms with Gasteiger partial charge in [0.15, 0.2) is 0 Å². The minimum Gasteiger partial charge on any atom is -0.480 e. The summed E-state index contributed by atoms with van der Waals surface area (Å²) >= 11 is 0. The summed E-state index contributed by atoms with van der Waals surface area (Å²) in [6.07, 6.45) is 0.804. The van der Waals surface area contributed by atoms with E-state index in [4.69, 9.17) is 5.73 Å². The molecule has 18 nitrogen and oxygen atoms in total. The number of carbonyl (C=O) groups excluding carboxylic acids is 7. The molecule has 11 N–H and O–H groups in total. The van der Waals surface area contributed by atoms with E-state index < -0.39 is 97.2 Å². The number of nitrogens with two attached hydrogens (primary N) is 1. The predicted octanol–water partition coefficient (Wildman–Crippen LogP) is -2.14. The Hall–Kier alpha value is -4.32. The summed E-state index contributed by atoms with van der Waals surface area (Å²) < 4.78 is 0. The Balaban J connectivity index is 5.41.